The Morgan fingerprint density at radius 1 is 1.10 bits per heavy atom. The molecule has 1 amide bonds. The van der Waals surface area contributed by atoms with E-state index in [1.165, 1.54) is 20.3 Å². The molecule has 114 valence electrons. The zero-order valence-corrected chi connectivity index (χ0v) is 12.8. The fourth-order valence-electron chi connectivity index (χ4n) is 1.62. The van der Waals surface area contributed by atoms with E-state index in [1.807, 2.05) is 0 Å². The third kappa shape index (κ3) is 4.46. The van der Waals surface area contributed by atoms with Crippen LogP contribution in [0.3, 0.4) is 0 Å². The highest BCUT2D eigenvalue weighted by atomic mass is 35.5. The average molecular weight is 314 g/mol. The highest BCUT2D eigenvalue weighted by Crippen LogP contribution is 2.21. The number of carbonyl (C=O) groups is 3. The van der Waals surface area contributed by atoms with Gasteiger partial charge in [0.1, 0.15) is 13.1 Å². The largest absolute Gasteiger partial charge is 0.468 e. The maximum absolute atomic E-state index is 12.4. The molecule has 0 heterocycles. The maximum Gasteiger partial charge on any atom is 0.325 e. The number of amides is 1. The van der Waals surface area contributed by atoms with Gasteiger partial charge < -0.3 is 14.4 Å². The average Bonchev–Trinajstić information content (AvgIpc) is 2.48. The zero-order chi connectivity index (χ0) is 16.0. The molecule has 7 heteroatoms. The zero-order valence-electron chi connectivity index (χ0n) is 12.0. The Labute approximate surface area is 127 Å². The molecule has 0 bridgehead atoms. The van der Waals surface area contributed by atoms with Crippen molar-refractivity contribution in [3.8, 4) is 0 Å². The number of nitrogens with zero attached hydrogens (tertiary/aromatic N) is 1. The molecule has 0 aliphatic rings. The summed E-state index contributed by atoms with van der Waals surface area (Å²) in [5.74, 6) is -1.83. The number of hydrogen-bond donors (Lipinski definition) is 0. The van der Waals surface area contributed by atoms with Crippen LogP contribution in [0.1, 0.15) is 15.9 Å². The predicted molar refractivity (Wildman–Crippen MR) is 76.1 cm³/mol. The summed E-state index contributed by atoms with van der Waals surface area (Å²) in [6, 6.07) is 4.95. The van der Waals surface area contributed by atoms with Crippen LogP contribution in [0.15, 0.2) is 18.2 Å². The monoisotopic (exact) mass is 313 g/mol. The Balaban J connectivity index is 3.06. The molecule has 6 nitrogen and oxygen atoms in total. The first-order valence-electron chi connectivity index (χ1n) is 6.08. The quantitative estimate of drug-likeness (QED) is 0.769. The minimum atomic E-state index is -0.643. The van der Waals surface area contributed by atoms with Crippen molar-refractivity contribution in [1.82, 2.24) is 4.90 Å². The van der Waals surface area contributed by atoms with Gasteiger partial charge >= 0.3 is 11.9 Å². The number of halogens is 1. The normalized spacial score (nSPS) is 9.90. The summed E-state index contributed by atoms with van der Waals surface area (Å²) in [6.07, 6.45) is 0. The van der Waals surface area contributed by atoms with Crippen LogP contribution in [0.2, 0.25) is 5.02 Å². The fraction of sp³-hybridized carbons (Fsp3) is 0.357. The molecule has 1 aromatic rings. The van der Waals surface area contributed by atoms with Crippen LogP contribution in [0.4, 0.5) is 0 Å². The van der Waals surface area contributed by atoms with Crippen molar-refractivity contribution in [3.63, 3.8) is 0 Å². The lowest BCUT2D eigenvalue weighted by Crippen LogP contribution is -2.40. The number of benzene rings is 1. The summed E-state index contributed by atoms with van der Waals surface area (Å²) in [4.78, 5) is 36.2. The molecule has 1 aromatic carbocycles. The van der Waals surface area contributed by atoms with Gasteiger partial charge in [-0.1, -0.05) is 23.7 Å². The summed E-state index contributed by atoms with van der Waals surface area (Å²) in [5, 5.41) is 0.280. The molecule has 0 aliphatic heterocycles. The molecule has 0 N–H and O–H groups in total. The summed E-state index contributed by atoms with van der Waals surface area (Å²) >= 11 is 6.09. The summed E-state index contributed by atoms with van der Waals surface area (Å²) in [7, 11) is 2.39. The smallest absolute Gasteiger partial charge is 0.325 e. The van der Waals surface area contributed by atoms with Gasteiger partial charge in [0, 0.05) is 0 Å². The van der Waals surface area contributed by atoms with E-state index in [4.69, 9.17) is 11.6 Å². The SMILES string of the molecule is COC(=O)CN(CC(=O)OC)C(=O)c1cccc(C)c1Cl. The van der Waals surface area contributed by atoms with Crippen molar-refractivity contribution in [2.75, 3.05) is 27.3 Å². The van der Waals surface area contributed by atoms with Gasteiger partial charge in [-0.25, -0.2) is 0 Å². The molecule has 0 radical (unpaired) electrons. The van der Waals surface area contributed by atoms with Gasteiger partial charge in [-0.2, -0.15) is 0 Å². The Morgan fingerprint density at radius 3 is 2.10 bits per heavy atom. The number of carbonyl (C=O) groups excluding carboxylic acids is 3. The van der Waals surface area contributed by atoms with E-state index in [1.54, 1.807) is 19.1 Å². The third-order valence-electron chi connectivity index (χ3n) is 2.80. The number of esters is 2. The van der Waals surface area contributed by atoms with Crippen LogP contribution in [-0.4, -0.2) is 50.1 Å². The second kappa shape index (κ2) is 7.64. The molecule has 0 atom stereocenters. The van der Waals surface area contributed by atoms with Crippen molar-refractivity contribution >= 4 is 29.4 Å². The Bertz CT molecular complexity index is 540. The van der Waals surface area contributed by atoms with E-state index in [0.29, 0.717) is 0 Å². The van der Waals surface area contributed by atoms with Crippen molar-refractivity contribution in [3.05, 3.63) is 34.3 Å². The lowest BCUT2D eigenvalue weighted by molar-refractivity contribution is -0.144. The van der Waals surface area contributed by atoms with Crippen LogP contribution in [0.25, 0.3) is 0 Å². The lowest BCUT2D eigenvalue weighted by atomic mass is 10.1. The number of rotatable bonds is 5. The molecule has 0 aromatic heterocycles. The highest BCUT2D eigenvalue weighted by molar-refractivity contribution is 6.34. The topological polar surface area (TPSA) is 72.9 Å². The number of hydrogen-bond acceptors (Lipinski definition) is 5. The van der Waals surface area contributed by atoms with Crippen LogP contribution >= 0.6 is 11.6 Å². The van der Waals surface area contributed by atoms with Crippen molar-refractivity contribution in [2.45, 2.75) is 6.92 Å². The Morgan fingerprint density at radius 2 is 1.62 bits per heavy atom. The standard InChI is InChI=1S/C14H16ClNO5/c1-9-5-4-6-10(13(9)15)14(19)16(7-11(17)20-2)8-12(18)21-3/h4-6H,7-8H2,1-3H3. The van der Waals surface area contributed by atoms with Crippen molar-refractivity contribution in [2.24, 2.45) is 0 Å². The second-order valence-corrected chi connectivity index (χ2v) is 4.63. The van der Waals surface area contributed by atoms with Gasteiger partial charge in [-0.05, 0) is 18.6 Å². The van der Waals surface area contributed by atoms with Gasteiger partial charge in [0.05, 0.1) is 24.8 Å². The molecular weight excluding hydrogens is 298 g/mol. The maximum atomic E-state index is 12.4. The minimum Gasteiger partial charge on any atom is -0.468 e. The van der Waals surface area contributed by atoms with E-state index >= 15 is 0 Å². The molecule has 21 heavy (non-hydrogen) atoms. The summed E-state index contributed by atoms with van der Waals surface area (Å²) < 4.78 is 9.04. The van der Waals surface area contributed by atoms with Crippen LogP contribution in [0, 0.1) is 6.92 Å². The summed E-state index contributed by atoms with van der Waals surface area (Å²) in [6.45, 7) is 1.02. The lowest BCUT2D eigenvalue weighted by Gasteiger charge is -2.21. The first-order chi connectivity index (χ1) is 9.90. The number of methoxy groups -OCH3 is 2. The highest BCUT2D eigenvalue weighted by Gasteiger charge is 2.24. The molecule has 0 unspecified atom stereocenters. The second-order valence-electron chi connectivity index (χ2n) is 4.25. The summed E-state index contributed by atoms with van der Waals surface area (Å²) in [5.41, 5.74) is 0.933. The molecule has 0 saturated carbocycles. The molecule has 0 fully saturated rings. The van der Waals surface area contributed by atoms with E-state index < -0.39 is 17.8 Å². The van der Waals surface area contributed by atoms with E-state index in [2.05, 4.69) is 9.47 Å². The van der Waals surface area contributed by atoms with Gasteiger partial charge in [0.25, 0.3) is 5.91 Å². The van der Waals surface area contributed by atoms with Gasteiger partial charge in [-0.3, -0.25) is 14.4 Å². The van der Waals surface area contributed by atoms with Gasteiger partial charge in [-0.15, -0.1) is 0 Å². The van der Waals surface area contributed by atoms with Gasteiger partial charge in [0.2, 0.25) is 0 Å². The molecular formula is C14H16ClNO5. The van der Waals surface area contributed by atoms with Crippen molar-refractivity contribution in [1.29, 1.82) is 0 Å². The first kappa shape index (κ1) is 17.0. The van der Waals surface area contributed by atoms with Crippen LogP contribution in [-0.2, 0) is 19.1 Å². The molecule has 0 aliphatic carbocycles. The Kier molecular flexibility index (Phi) is 6.17. The van der Waals surface area contributed by atoms with Crippen LogP contribution < -0.4 is 0 Å². The number of aryl methyl sites for hydroxylation is 1. The Hall–Kier alpha value is -2.08. The molecule has 1 rings (SSSR count). The minimum absolute atomic E-state index is 0.212. The fourth-order valence-corrected chi connectivity index (χ4v) is 1.83. The van der Waals surface area contributed by atoms with E-state index in [9.17, 15) is 14.4 Å². The van der Waals surface area contributed by atoms with Gasteiger partial charge in [0.15, 0.2) is 0 Å². The molecule has 0 saturated heterocycles. The van der Waals surface area contributed by atoms with E-state index in [0.717, 1.165) is 10.5 Å². The molecule has 0 spiro atoms. The number of ether oxygens (including phenoxy) is 2. The van der Waals surface area contributed by atoms with Crippen molar-refractivity contribution < 1.29 is 23.9 Å². The predicted octanol–water partition coefficient (Wildman–Crippen LogP) is 1.44. The first-order valence-corrected chi connectivity index (χ1v) is 6.46. The third-order valence-corrected chi connectivity index (χ3v) is 3.31. The van der Waals surface area contributed by atoms with Crippen LogP contribution in [0.5, 0.6) is 0 Å². The van der Waals surface area contributed by atoms with E-state index in [-0.39, 0.29) is 23.7 Å².